The van der Waals surface area contributed by atoms with Crippen LogP contribution in [0.3, 0.4) is 0 Å². The summed E-state index contributed by atoms with van der Waals surface area (Å²) in [4.78, 5) is 22.4. The normalized spacial score (nSPS) is 11.0. The van der Waals surface area contributed by atoms with Gasteiger partial charge in [-0.25, -0.2) is 0 Å². The Morgan fingerprint density at radius 1 is 1.44 bits per heavy atom. The molecular formula is C14H18N2O2. The van der Waals surface area contributed by atoms with Gasteiger partial charge in [0.1, 0.15) is 6.07 Å². The van der Waals surface area contributed by atoms with Crippen molar-refractivity contribution in [1.29, 1.82) is 5.26 Å². The lowest BCUT2D eigenvalue weighted by Gasteiger charge is -2.05. The number of hydrogen-bond donors (Lipinski definition) is 1. The van der Waals surface area contributed by atoms with Crippen LogP contribution in [-0.2, 0) is 9.59 Å². The standard InChI is InChI=1S/C14H18N2O2/c1-3-5-6-7-8-12(4-2)14(18)16-10-9-13(17)11-15/h3,5-6,8H,1,4,7,9-10H2,2H3,(H,16,18)/b6-5-,12-8+. The van der Waals surface area contributed by atoms with Crippen LogP contribution < -0.4 is 5.32 Å². The molecule has 0 fully saturated rings. The van der Waals surface area contributed by atoms with Crippen molar-refractivity contribution < 1.29 is 9.59 Å². The number of ketones is 1. The van der Waals surface area contributed by atoms with E-state index in [0.717, 1.165) is 0 Å². The van der Waals surface area contributed by atoms with Crippen molar-refractivity contribution in [3.63, 3.8) is 0 Å². The van der Waals surface area contributed by atoms with Gasteiger partial charge in [-0.3, -0.25) is 9.59 Å². The van der Waals surface area contributed by atoms with E-state index in [1.807, 2.05) is 25.2 Å². The number of allylic oxidation sites excluding steroid dienone is 4. The van der Waals surface area contributed by atoms with E-state index in [4.69, 9.17) is 5.26 Å². The fraction of sp³-hybridized carbons (Fsp3) is 0.357. The average molecular weight is 246 g/mol. The van der Waals surface area contributed by atoms with Gasteiger partial charge in [0.05, 0.1) is 0 Å². The van der Waals surface area contributed by atoms with Crippen LogP contribution in [0, 0.1) is 11.3 Å². The van der Waals surface area contributed by atoms with Crippen molar-refractivity contribution in [2.24, 2.45) is 0 Å². The molecule has 0 aromatic carbocycles. The third-order valence-corrected chi connectivity index (χ3v) is 2.21. The maximum atomic E-state index is 11.7. The van der Waals surface area contributed by atoms with Gasteiger partial charge in [-0.2, -0.15) is 5.26 Å². The van der Waals surface area contributed by atoms with Crippen molar-refractivity contribution in [1.82, 2.24) is 5.32 Å². The van der Waals surface area contributed by atoms with Crippen LogP contribution in [0.25, 0.3) is 0 Å². The van der Waals surface area contributed by atoms with E-state index in [1.54, 1.807) is 6.08 Å². The molecule has 0 saturated heterocycles. The molecule has 0 saturated carbocycles. The minimum atomic E-state index is -0.522. The van der Waals surface area contributed by atoms with Crippen molar-refractivity contribution in [2.75, 3.05) is 6.54 Å². The molecule has 4 heteroatoms. The molecule has 0 bridgehead atoms. The molecule has 0 aliphatic rings. The Bertz CT molecular complexity index is 401. The minimum Gasteiger partial charge on any atom is -0.352 e. The SMILES string of the molecule is C=C/C=C\C/C=C(\CC)C(=O)NCCC(=O)C#N. The van der Waals surface area contributed by atoms with Gasteiger partial charge < -0.3 is 5.32 Å². The molecule has 0 heterocycles. The van der Waals surface area contributed by atoms with Gasteiger partial charge in [-0.05, 0) is 12.8 Å². The van der Waals surface area contributed by atoms with Crippen LogP contribution in [0.4, 0.5) is 0 Å². The van der Waals surface area contributed by atoms with Gasteiger partial charge in [-0.1, -0.05) is 37.8 Å². The molecule has 18 heavy (non-hydrogen) atoms. The Morgan fingerprint density at radius 2 is 2.17 bits per heavy atom. The molecule has 0 radical (unpaired) electrons. The van der Waals surface area contributed by atoms with Gasteiger partial charge >= 0.3 is 0 Å². The highest BCUT2D eigenvalue weighted by Crippen LogP contribution is 2.03. The molecule has 1 N–H and O–H groups in total. The van der Waals surface area contributed by atoms with E-state index in [9.17, 15) is 9.59 Å². The number of nitrogens with zero attached hydrogens (tertiary/aromatic N) is 1. The lowest BCUT2D eigenvalue weighted by Crippen LogP contribution is -2.27. The lowest BCUT2D eigenvalue weighted by molar-refractivity contribution is -0.117. The minimum absolute atomic E-state index is 0.0512. The van der Waals surface area contributed by atoms with Gasteiger partial charge in [0.15, 0.2) is 0 Å². The summed E-state index contributed by atoms with van der Waals surface area (Å²) in [6.07, 6.45) is 8.56. The number of hydrogen-bond acceptors (Lipinski definition) is 3. The lowest BCUT2D eigenvalue weighted by atomic mass is 10.1. The van der Waals surface area contributed by atoms with Crippen LogP contribution in [0.5, 0.6) is 0 Å². The number of amides is 1. The summed E-state index contributed by atoms with van der Waals surface area (Å²) in [6, 6.07) is 1.51. The van der Waals surface area contributed by atoms with Gasteiger partial charge in [0.2, 0.25) is 11.7 Å². The first kappa shape index (κ1) is 15.9. The maximum Gasteiger partial charge on any atom is 0.246 e. The first-order valence-electron chi connectivity index (χ1n) is 5.83. The molecule has 4 nitrogen and oxygen atoms in total. The highest BCUT2D eigenvalue weighted by molar-refractivity contribution is 5.95. The first-order chi connectivity index (χ1) is 8.65. The first-order valence-corrected chi connectivity index (χ1v) is 5.83. The number of Topliss-reactive ketones (excluding diaryl/α,β-unsaturated/α-hetero) is 1. The number of carbonyl (C=O) groups excluding carboxylic acids is 2. The molecule has 96 valence electrons. The molecule has 0 aliphatic carbocycles. The van der Waals surface area contributed by atoms with Crippen LogP contribution in [0.15, 0.2) is 36.5 Å². The Balaban J connectivity index is 4.18. The molecule has 0 spiro atoms. The van der Waals surface area contributed by atoms with E-state index >= 15 is 0 Å². The average Bonchev–Trinajstić information content (AvgIpc) is 2.38. The zero-order valence-corrected chi connectivity index (χ0v) is 10.6. The van der Waals surface area contributed by atoms with E-state index < -0.39 is 5.78 Å². The van der Waals surface area contributed by atoms with Crippen LogP contribution >= 0.6 is 0 Å². The Kier molecular flexibility index (Phi) is 8.83. The highest BCUT2D eigenvalue weighted by Gasteiger charge is 2.07. The number of nitrogens with one attached hydrogen (secondary N) is 1. The number of rotatable bonds is 8. The second-order valence-electron chi connectivity index (χ2n) is 3.52. The van der Waals surface area contributed by atoms with Crippen molar-refractivity contribution in [3.05, 3.63) is 36.5 Å². The van der Waals surface area contributed by atoms with E-state index in [-0.39, 0.29) is 18.9 Å². The topological polar surface area (TPSA) is 70.0 Å². The molecule has 0 aromatic heterocycles. The van der Waals surface area contributed by atoms with E-state index in [1.165, 1.54) is 6.07 Å². The Hall–Kier alpha value is -2.15. The van der Waals surface area contributed by atoms with Crippen LogP contribution in [0.2, 0.25) is 0 Å². The van der Waals surface area contributed by atoms with E-state index in [0.29, 0.717) is 18.4 Å². The summed E-state index contributed by atoms with van der Waals surface area (Å²) in [5.74, 6) is -0.707. The number of nitriles is 1. The Labute approximate surface area is 108 Å². The zero-order valence-electron chi connectivity index (χ0n) is 10.6. The summed E-state index contributed by atoms with van der Waals surface area (Å²) in [6.45, 7) is 5.64. The molecule has 0 aromatic rings. The molecule has 0 atom stereocenters. The summed E-state index contributed by atoms with van der Waals surface area (Å²) >= 11 is 0. The molecular weight excluding hydrogens is 228 g/mol. The highest BCUT2D eigenvalue weighted by atomic mass is 16.1. The van der Waals surface area contributed by atoms with Crippen molar-refractivity contribution in [3.8, 4) is 6.07 Å². The summed E-state index contributed by atoms with van der Waals surface area (Å²) < 4.78 is 0. The fourth-order valence-corrected chi connectivity index (χ4v) is 1.24. The fourth-order valence-electron chi connectivity index (χ4n) is 1.24. The predicted molar refractivity (Wildman–Crippen MR) is 70.6 cm³/mol. The quantitative estimate of drug-likeness (QED) is 0.405. The summed E-state index contributed by atoms with van der Waals surface area (Å²) in [5.41, 5.74) is 0.674. The maximum absolute atomic E-state index is 11.7. The van der Waals surface area contributed by atoms with Crippen molar-refractivity contribution in [2.45, 2.75) is 26.2 Å². The van der Waals surface area contributed by atoms with Crippen LogP contribution in [0.1, 0.15) is 26.2 Å². The largest absolute Gasteiger partial charge is 0.352 e. The zero-order chi connectivity index (χ0) is 13.8. The third kappa shape index (κ3) is 7.18. The van der Waals surface area contributed by atoms with Gasteiger partial charge in [-0.15, -0.1) is 0 Å². The molecule has 0 unspecified atom stereocenters. The van der Waals surface area contributed by atoms with Crippen LogP contribution in [-0.4, -0.2) is 18.2 Å². The van der Waals surface area contributed by atoms with E-state index in [2.05, 4.69) is 11.9 Å². The molecule has 1 amide bonds. The summed E-state index contributed by atoms with van der Waals surface area (Å²) in [5, 5.41) is 10.9. The predicted octanol–water partition coefficient (Wildman–Crippen LogP) is 2.05. The monoisotopic (exact) mass is 246 g/mol. The van der Waals surface area contributed by atoms with Gasteiger partial charge in [0, 0.05) is 18.5 Å². The smallest absolute Gasteiger partial charge is 0.246 e. The second-order valence-corrected chi connectivity index (χ2v) is 3.52. The Morgan fingerprint density at radius 3 is 2.72 bits per heavy atom. The molecule has 0 rings (SSSR count). The summed E-state index contributed by atoms with van der Waals surface area (Å²) in [7, 11) is 0. The second kappa shape index (κ2) is 10.0. The number of carbonyl (C=O) groups is 2. The van der Waals surface area contributed by atoms with Gasteiger partial charge in [0.25, 0.3) is 0 Å². The van der Waals surface area contributed by atoms with Crippen molar-refractivity contribution >= 4 is 11.7 Å². The third-order valence-electron chi connectivity index (χ3n) is 2.21. The molecule has 0 aliphatic heterocycles.